The molecule has 1 heterocycles. The number of aromatic nitrogens is 3. The molecule has 0 bridgehead atoms. The van der Waals surface area contributed by atoms with Crippen LogP contribution in [0.15, 0.2) is 5.16 Å². The van der Waals surface area contributed by atoms with Gasteiger partial charge in [0.1, 0.15) is 0 Å². The maximum absolute atomic E-state index is 5.86. The molecule has 0 unspecified atom stereocenters. The topological polar surface area (TPSA) is 51.1 Å². The maximum Gasteiger partial charge on any atom is 0.321 e. The van der Waals surface area contributed by atoms with Crippen LogP contribution in [-0.4, -0.2) is 51.8 Å². The van der Waals surface area contributed by atoms with Crippen LogP contribution in [0.2, 0.25) is 5.28 Å². The lowest BCUT2D eigenvalue weighted by Gasteiger charge is -2.16. The minimum absolute atomic E-state index is 0.187. The molecule has 0 atom stereocenters. The van der Waals surface area contributed by atoms with Crippen LogP contribution in [0.25, 0.3) is 0 Å². The minimum atomic E-state index is 0.187. The molecule has 0 spiro atoms. The summed E-state index contributed by atoms with van der Waals surface area (Å²) < 4.78 is 5.38. The largest absolute Gasteiger partial charge is 0.463 e. The van der Waals surface area contributed by atoms with Gasteiger partial charge in [-0.15, -0.1) is 0 Å². The Balaban J connectivity index is 2.50. The first-order valence-electron chi connectivity index (χ1n) is 6.59. The summed E-state index contributed by atoms with van der Waals surface area (Å²) in [5.41, 5.74) is 0. The van der Waals surface area contributed by atoms with Gasteiger partial charge in [0.05, 0.1) is 6.61 Å². The second kappa shape index (κ2) is 9.34. The Morgan fingerprint density at radius 3 is 2.53 bits per heavy atom. The quantitative estimate of drug-likeness (QED) is 0.654. The van der Waals surface area contributed by atoms with Crippen molar-refractivity contribution in [2.75, 3.05) is 32.0 Å². The molecular formula is C12H21ClN4OS. The predicted octanol–water partition coefficient (Wildman–Crippen LogP) is 2.75. The van der Waals surface area contributed by atoms with Crippen LogP contribution in [0, 0.1) is 0 Å². The Bertz CT molecular complexity index is 377. The summed E-state index contributed by atoms with van der Waals surface area (Å²) in [4.78, 5) is 14.6. The molecule has 1 aromatic heterocycles. The Kier molecular flexibility index (Phi) is 8.09. The first-order chi connectivity index (χ1) is 9.19. The molecule has 0 N–H and O–H groups in total. The first kappa shape index (κ1) is 16.5. The Morgan fingerprint density at radius 1 is 1.16 bits per heavy atom. The van der Waals surface area contributed by atoms with E-state index in [0.29, 0.717) is 17.8 Å². The molecule has 7 heteroatoms. The molecule has 0 aliphatic carbocycles. The highest BCUT2D eigenvalue weighted by atomic mass is 35.5. The van der Waals surface area contributed by atoms with E-state index in [1.807, 2.05) is 6.92 Å². The molecule has 5 nitrogen and oxygen atoms in total. The standard InChI is InChI=1S/C12H21ClN4OS/c1-4-8-18-11-14-10(13)15-12(16-11)19-9-7-17(5-2)6-3/h4-9H2,1-3H3. The number of ether oxygens (including phenoxy) is 1. The maximum atomic E-state index is 5.86. The van der Waals surface area contributed by atoms with Crippen molar-refractivity contribution in [2.45, 2.75) is 32.3 Å². The molecule has 0 radical (unpaired) electrons. The zero-order chi connectivity index (χ0) is 14.1. The molecule has 0 aromatic carbocycles. The molecule has 1 aromatic rings. The van der Waals surface area contributed by atoms with Gasteiger partial charge in [0.25, 0.3) is 0 Å². The third-order valence-electron chi connectivity index (χ3n) is 2.54. The van der Waals surface area contributed by atoms with Gasteiger partial charge in [0, 0.05) is 12.3 Å². The molecule has 19 heavy (non-hydrogen) atoms. The average Bonchev–Trinajstić information content (AvgIpc) is 2.41. The van der Waals surface area contributed by atoms with Gasteiger partial charge < -0.3 is 9.64 Å². The summed E-state index contributed by atoms with van der Waals surface area (Å²) in [7, 11) is 0. The highest BCUT2D eigenvalue weighted by molar-refractivity contribution is 7.99. The number of nitrogens with zero attached hydrogens (tertiary/aromatic N) is 4. The fourth-order valence-corrected chi connectivity index (χ4v) is 2.47. The molecule has 1 rings (SSSR count). The number of halogens is 1. The van der Waals surface area contributed by atoms with Gasteiger partial charge in [0.15, 0.2) is 5.16 Å². The fraction of sp³-hybridized carbons (Fsp3) is 0.750. The van der Waals surface area contributed by atoms with Crippen molar-refractivity contribution < 1.29 is 4.74 Å². The van der Waals surface area contributed by atoms with Crippen molar-refractivity contribution >= 4 is 23.4 Å². The Hall–Kier alpha value is -0.590. The van der Waals surface area contributed by atoms with Crippen LogP contribution in [0.3, 0.4) is 0 Å². The molecule has 0 aliphatic rings. The predicted molar refractivity (Wildman–Crippen MR) is 79.1 cm³/mol. The molecule has 108 valence electrons. The van der Waals surface area contributed by atoms with Crippen LogP contribution in [-0.2, 0) is 0 Å². The van der Waals surface area contributed by atoms with E-state index in [9.17, 15) is 0 Å². The summed E-state index contributed by atoms with van der Waals surface area (Å²) in [5.74, 6) is 0.926. The van der Waals surface area contributed by atoms with Gasteiger partial charge in [-0.3, -0.25) is 0 Å². The van der Waals surface area contributed by atoms with E-state index in [-0.39, 0.29) is 5.28 Å². The van der Waals surface area contributed by atoms with E-state index < -0.39 is 0 Å². The monoisotopic (exact) mass is 304 g/mol. The molecule has 0 fully saturated rings. The lowest BCUT2D eigenvalue weighted by molar-refractivity contribution is 0.288. The van der Waals surface area contributed by atoms with Crippen molar-refractivity contribution in [1.29, 1.82) is 0 Å². The first-order valence-corrected chi connectivity index (χ1v) is 7.95. The smallest absolute Gasteiger partial charge is 0.321 e. The minimum Gasteiger partial charge on any atom is -0.463 e. The number of rotatable bonds is 9. The van der Waals surface area contributed by atoms with Crippen molar-refractivity contribution in [3.05, 3.63) is 5.28 Å². The van der Waals surface area contributed by atoms with E-state index in [0.717, 1.165) is 31.8 Å². The fourth-order valence-electron chi connectivity index (χ4n) is 1.44. The van der Waals surface area contributed by atoms with E-state index in [1.54, 1.807) is 11.8 Å². The molecule has 0 aliphatic heterocycles. The summed E-state index contributed by atoms with van der Waals surface area (Å²) in [6, 6.07) is 0.312. The van der Waals surface area contributed by atoms with Gasteiger partial charge in [-0.1, -0.05) is 32.5 Å². The number of hydrogen-bond donors (Lipinski definition) is 0. The third-order valence-corrected chi connectivity index (χ3v) is 3.53. The molecule has 0 saturated heterocycles. The van der Waals surface area contributed by atoms with Gasteiger partial charge in [-0.2, -0.15) is 15.0 Å². The van der Waals surface area contributed by atoms with Crippen molar-refractivity contribution in [2.24, 2.45) is 0 Å². The van der Waals surface area contributed by atoms with Gasteiger partial charge in [0.2, 0.25) is 5.28 Å². The van der Waals surface area contributed by atoms with E-state index in [1.165, 1.54) is 0 Å². The van der Waals surface area contributed by atoms with Crippen LogP contribution in [0.4, 0.5) is 0 Å². The van der Waals surface area contributed by atoms with Crippen LogP contribution < -0.4 is 4.74 Å². The number of hydrogen-bond acceptors (Lipinski definition) is 6. The van der Waals surface area contributed by atoms with Crippen LogP contribution in [0.5, 0.6) is 6.01 Å². The molecule has 0 amide bonds. The Labute approximate surface area is 124 Å². The summed E-state index contributed by atoms with van der Waals surface area (Å²) in [6.07, 6.45) is 0.910. The van der Waals surface area contributed by atoms with E-state index in [2.05, 4.69) is 33.7 Å². The SMILES string of the molecule is CCCOc1nc(Cl)nc(SCCN(CC)CC)n1. The second-order valence-electron chi connectivity index (χ2n) is 3.89. The highest BCUT2D eigenvalue weighted by Gasteiger charge is 2.07. The zero-order valence-corrected chi connectivity index (χ0v) is 13.3. The van der Waals surface area contributed by atoms with Crippen molar-refractivity contribution in [1.82, 2.24) is 19.9 Å². The number of thioether (sulfide) groups is 1. The normalized spacial score (nSPS) is 11.0. The van der Waals surface area contributed by atoms with Gasteiger partial charge in [-0.05, 0) is 31.1 Å². The van der Waals surface area contributed by atoms with E-state index >= 15 is 0 Å². The molecule has 0 saturated carbocycles. The molecular weight excluding hydrogens is 284 g/mol. The summed E-state index contributed by atoms with van der Waals surface area (Å²) in [6.45, 7) is 10.0. The average molecular weight is 305 g/mol. The van der Waals surface area contributed by atoms with Crippen LogP contribution >= 0.6 is 23.4 Å². The van der Waals surface area contributed by atoms with E-state index in [4.69, 9.17) is 16.3 Å². The lowest BCUT2D eigenvalue weighted by atomic mass is 10.5. The zero-order valence-electron chi connectivity index (χ0n) is 11.7. The third kappa shape index (κ3) is 6.40. The van der Waals surface area contributed by atoms with Crippen molar-refractivity contribution in [3.63, 3.8) is 0 Å². The lowest BCUT2D eigenvalue weighted by Crippen LogP contribution is -2.25. The van der Waals surface area contributed by atoms with Crippen LogP contribution in [0.1, 0.15) is 27.2 Å². The second-order valence-corrected chi connectivity index (χ2v) is 5.29. The highest BCUT2D eigenvalue weighted by Crippen LogP contribution is 2.17. The van der Waals surface area contributed by atoms with Crippen molar-refractivity contribution in [3.8, 4) is 6.01 Å². The van der Waals surface area contributed by atoms with Gasteiger partial charge >= 0.3 is 6.01 Å². The Morgan fingerprint density at radius 2 is 1.89 bits per heavy atom. The summed E-state index contributed by atoms with van der Waals surface area (Å²) in [5, 5.41) is 0.810. The van der Waals surface area contributed by atoms with Gasteiger partial charge in [-0.25, -0.2) is 0 Å². The summed E-state index contributed by atoms with van der Waals surface area (Å²) >= 11 is 7.43.